The SMILES string of the molecule is CCOC(=O)C1CCN(C(=O)/C=C(\C)c2cc3c(-c4ccc5ccccc5c4)coc3cc2OC)CC1. The minimum absolute atomic E-state index is 0.0658. The second-order valence-corrected chi connectivity index (χ2v) is 9.44. The van der Waals surface area contributed by atoms with Crippen molar-refractivity contribution in [3.63, 3.8) is 0 Å². The summed E-state index contributed by atoms with van der Waals surface area (Å²) >= 11 is 0. The Morgan fingerprint density at radius 1 is 1.05 bits per heavy atom. The Hall–Kier alpha value is -4.06. The molecule has 4 aromatic rings. The highest BCUT2D eigenvalue weighted by atomic mass is 16.5. The number of nitrogens with zero attached hydrogens (tertiary/aromatic N) is 1. The molecule has 1 aliphatic heterocycles. The van der Waals surface area contributed by atoms with E-state index in [4.69, 9.17) is 13.9 Å². The van der Waals surface area contributed by atoms with E-state index in [0.29, 0.717) is 38.3 Å². The monoisotopic (exact) mass is 497 g/mol. The molecule has 0 radical (unpaired) electrons. The van der Waals surface area contributed by atoms with E-state index in [1.807, 2.05) is 38.1 Å². The van der Waals surface area contributed by atoms with Gasteiger partial charge in [-0.05, 0) is 60.7 Å². The topological polar surface area (TPSA) is 69.0 Å². The number of allylic oxidation sites excluding steroid dienone is 1. The number of rotatable bonds is 6. The number of amides is 1. The first kappa shape index (κ1) is 24.6. The molecule has 190 valence electrons. The molecule has 0 bridgehead atoms. The van der Waals surface area contributed by atoms with Gasteiger partial charge in [0.25, 0.3) is 0 Å². The first-order valence-corrected chi connectivity index (χ1v) is 12.7. The lowest BCUT2D eigenvalue weighted by atomic mass is 9.96. The highest BCUT2D eigenvalue weighted by Crippen LogP contribution is 2.38. The molecule has 3 aromatic carbocycles. The summed E-state index contributed by atoms with van der Waals surface area (Å²) in [6, 6.07) is 18.6. The molecule has 0 atom stereocenters. The summed E-state index contributed by atoms with van der Waals surface area (Å²) in [5.41, 5.74) is 4.43. The first-order chi connectivity index (χ1) is 18.0. The molecule has 1 aliphatic rings. The number of esters is 1. The van der Waals surface area contributed by atoms with E-state index in [9.17, 15) is 9.59 Å². The summed E-state index contributed by atoms with van der Waals surface area (Å²) in [5, 5.41) is 3.31. The van der Waals surface area contributed by atoms with Gasteiger partial charge in [0.1, 0.15) is 11.3 Å². The maximum absolute atomic E-state index is 13.1. The van der Waals surface area contributed by atoms with Crippen molar-refractivity contribution in [2.45, 2.75) is 26.7 Å². The molecular formula is C31H31NO5. The molecule has 6 heteroatoms. The molecular weight excluding hydrogens is 466 g/mol. The summed E-state index contributed by atoms with van der Waals surface area (Å²) in [6.07, 6.45) is 4.67. The highest BCUT2D eigenvalue weighted by Gasteiger charge is 2.27. The van der Waals surface area contributed by atoms with Crippen LogP contribution in [0.4, 0.5) is 0 Å². The normalized spacial score (nSPS) is 14.8. The zero-order chi connectivity index (χ0) is 25.9. The fraction of sp³-hybridized carbons (Fsp3) is 0.290. The predicted octanol–water partition coefficient (Wildman–Crippen LogP) is 6.47. The van der Waals surface area contributed by atoms with Gasteiger partial charge < -0.3 is 18.8 Å². The summed E-state index contributed by atoms with van der Waals surface area (Å²) < 4.78 is 16.7. The predicted molar refractivity (Wildman–Crippen MR) is 145 cm³/mol. The van der Waals surface area contributed by atoms with Crippen molar-refractivity contribution >= 4 is 39.2 Å². The molecule has 1 aromatic heterocycles. The van der Waals surface area contributed by atoms with E-state index < -0.39 is 0 Å². The standard InChI is InChI=1S/C31H31NO5/c1-4-36-31(34)22-11-13-32(14-12-22)30(33)15-20(2)25-17-26-27(19-37-29(26)18-28(25)35-3)24-10-9-21-7-5-6-8-23(21)16-24/h5-10,15-19,22H,4,11-14H2,1-3H3/b20-15+. The number of carbonyl (C=O) groups is 2. The van der Waals surface area contributed by atoms with E-state index in [2.05, 4.69) is 30.3 Å². The Morgan fingerprint density at radius 2 is 1.81 bits per heavy atom. The molecule has 2 heterocycles. The molecule has 0 aliphatic carbocycles. The van der Waals surface area contributed by atoms with Crippen LogP contribution in [0.25, 0.3) is 38.4 Å². The zero-order valence-electron chi connectivity index (χ0n) is 21.5. The van der Waals surface area contributed by atoms with Gasteiger partial charge in [-0.2, -0.15) is 0 Å². The third kappa shape index (κ3) is 4.96. The molecule has 1 amide bonds. The smallest absolute Gasteiger partial charge is 0.309 e. The third-order valence-corrected chi connectivity index (χ3v) is 7.15. The molecule has 0 unspecified atom stereocenters. The number of hydrogen-bond acceptors (Lipinski definition) is 5. The number of ether oxygens (including phenoxy) is 2. The van der Waals surface area contributed by atoms with Crippen LogP contribution < -0.4 is 4.74 Å². The van der Waals surface area contributed by atoms with Crippen molar-refractivity contribution in [3.8, 4) is 16.9 Å². The lowest BCUT2D eigenvalue weighted by Crippen LogP contribution is -2.40. The van der Waals surface area contributed by atoms with Crippen LogP contribution in [0.2, 0.25) is 0 Å². The van der Waals surface area contributed by atoms with Crippen LogP contribution >= 0.6 is 0 Å². The van der Waals surface area contributed by atoms with Crippen LogP contribution in [0.15, 0.2) is 71.4 Å². The lowest BCUT2D eigenvalue weighted by molar-refractivity contribution is -0.150. The molecule has 0 spiro atoms. The number of carbonyl (C=O) groups excluding carboxylic acids is 2. The van der Waals surface area contributed by atoms with E-state index in [1.54, 1.807) is 24.3 Å². The van der Waals surface area contributed by atoms with Crippen LogP contribution in [0.1, 0.15) is 32.3 Å². The number of hydrogen-bond donors (Lipinski definition) is 0. The molecule has 5 rings (SSSR count). The lowest BCUT2D eigenvalue weighted by Gasteiger charge is -2.30. The number of piperidine rings is 1. The van der Waals surface area contributed by atoms with Gasteiger partial charge in [-0.3, -0.25) is 9.59 Å². The molecule has 1 fully saturated rings. The van der Waals surface area contributed by atoms with Gasteiger partial charge in [0.15, 0.2) is 0 Å². The van der Waals surface area contributed by atoms with E-state index in [0.717, 1.165) is 38.6 Å². The second kappa shape index (κ2) is 10.5. The van der Waals surface area contributed by atoms with Crippen molar-refractivity contribution in [1.29, 1.82) is 0 Å². The Bertz CT molecular complexity index is 1490. The molecule has 0 saturated carbocycles. The minimum Gasteiger partial charge on any atom is -0.496 e. The maximum Gasteiger partial charge on any atom is 0.309 e. The Morgan fingerprint density at radius 3 is 2.54 bits per heavy atom. The van der Waals surface area contributed by atoms with Gasteiger partial charge >= 0.3 is 5.97 Å². The van der Waals surface area contributed by atoms with Crippen LogP contribution in [0, 0.1) is 5.92 Å². The number of likely N-dealkylation sites (tertiary alicyclic amines) is 1. The average molecular weight is 498 g/mol. The van der Waals surface area contributed by atoms with Crippen molar-refractivity contribution in [2.75, 3.05) is 26.8 Å². The summed E-state index contributed by atoms with van der Waals surface area (Å²) in [4.78, 5) is 26.9. The van der Waals surface area contributed by atoms with Crippen molar-refractivity contribution in [1.82, 2.24) is 4.90 Å². The fourth-order valence-electron chi connectivity index (χ4n) is 5.06. The molecule has 6 nitrogen and oxygen atoms in total. The number of methoxy groups -OCH3 is 1. The zero-order valence-corrected chi connectivity index (χ0v) is 21.5. The Balaban J connectivity index is 1.42. The summed E-state index contributed by atoms with van der Waals surface area (Å²) in [7, 11) is 1.62. The largest absolute Gasteiger partial charge is 0.496 e. The van der Waals surface area contributed by atoms with Gasteiger partial charge in [-0.1, -0.05) is 36.4 Å². The first-order valence-electron chi connectivity index (χ1n) is 12.7. The van der Waals surface area contributed by atoms with Gasteiger partial charge in [-0.15, -0.1) is 0 Å². The third-order valence-electron chi connectivity index (χ3n) is 7.15. The molecule has 37 heavy (non-hydrogen) atoms. The molecule has 1 saturated heterocycles. The summed E-state index contributed by atoms with van der Waals surface area (Å²) in [6.45, 7) is 5.18. The average Bonchev–Trinajstić information content (AvgIpc) is 3.35. The van der Waals surface area contributed by atoms with Gasteiger partial charge in [0.05, 0.1) is 25.9 Å². The molecule has 0 N–H and O–H groups in total. The van der Waals surface area contributed by atoms with Crippen LogP contribution in [0.3, 0.4) is 0 Å². The number of benzene rings is 3. The Kier molecular flexibility index (Phi) is 6.99. The van der Waals surface area contributed by atoms with E-state index in [1.165, 1.54) is 5.39 Å². The van der Waals surface area contributed by atoms with Gasteiger partial charge in [0.2, 0.25) is 5.91 Å². The Labute approximate surface area is 216 Å². The van der Waals surface area contributed by atoms with E-state index in [-0.39, 0.29) is 17.8 Å². The summed E-state index contributed by atoms with van der Waals surface area (Å²) in [5.74, 6) is 0.284. The minimum atomic E-state index is -0.165. The van der Waals surface area contributed by atoms with Gasteiger partial charge in [0, 0.05) is 41.7 Å². The van der Waals surface area contributed by atoms with Crippen molar-refractivity contribution < 1.29 is 23.5 Å². The van der Waals surface area contributed by atoms with Crippen molar-refractivity contribution in [3.05, 3.63) is 72.5 Å². The van der Waals surface area contributed by atoms with Crippen molar-refractivity contribution in [2.24, 2.45) is 5.92 Å². The number of furan rings is 1. The second-order valence-electron chi connectivity index (χ2n) is 9.44. The number of fused-ring (bicyclic) bond motifs is 2. The van der Waals surface area contributed by atoms with Crippen LogP contribution in [0.5, 0.6) is 5.75 Å². The van der Waals surface area contributed by atoms with E-state index >= 15 is 0 Å². The van der Waals surface area contributed by atoms with Gasteiger partial charge in [-0.25, -0.2) is 0 Å². The highest BCUT2D eigenvalue weighted by molar-refractivity contribution is 6.01. The fourth-order valence-corrected chi connectivity index (χ4v) is 5.06. The quantitative estimate of drug-likeness (QED) is 0.226. The maximum atomic E-state index is 13.1. The van der Waals surface area contributed by atoms with Crippen LogP contribution in [-0.4, -0.2) is 43.6 Å². The van der Waals surface area contributed by atoms with Crippen LogP contribution in [-0.2, 0) is 14.3 Å².